The zero-order valence-corrected chi connectivity index (χ0v) is 10.9. The molecule has 0 unspecified atom stereocenters. The Labute approximate surface area is 115 Å². The second kappa shape index (κ2) is 5.05. The van der Waals surface area contributed by atoms with Crippen molar-refractivity contribution in [1.29, 1.82) is 0 Å². The monoisotopic (exact) mass is 280 g/mol. The average molecular weight is 280 g/mol. The zero-order valence-electron chi connectivity index (χ0n) is 10.9. The maximum Gasteiger partial charge on any atom is 0.417 e. The van der Waals surface area contributed by atoms with Crippen LogP contribution in [0, 0.1) is 0 Å². The molecular weight excluding hydrogens is 265 g/mol. The van der Waals surface area contributed by atoms with Crippen LogP contribution in [-0.4, -0.2) is 18.1 Å². The molecule has 106 valence electrons. The summed E-state index contributed by atoms with van der Waals surface area (Å²) in [6.07, 6.45) is 0.558. The SMILES string of the molecule is FC(F)(F)c1ccc(C2CCNCC2)c2cnccc12. The summed E-state index contributed by atoms with van der Waals surface area (Å²) in [4.78, 5) is 4.01. The number of benzene rings is 1. The molecule has 1 fully saturated rings. The van der Waals surface area contributed by atoms with Crippen LogP contribution >= 0.6 is 0 Å². The third-order valence-electron chi connectivity index (χ3n) is 3.94. The van der Waals surface area contributed by atoms with Crippen LogP contribution in [0.3, 0.4) is 0 Å². The molecular formula is C15H15F3N2. The molecule has 1 aromatic heterocycles. The van der Waals surface area contributed by atoms with Crippen LogP contribution in [0.1, 0.15) is 29.9 Å². The highest BCUT2D eigenvalue weighted by Crippen LogP contribution is 2.38. The van der Waals surface area contributed by atoms with Crippen molar-refractivity contribution in [2.75, 3.05) is 13.1 Å². The van der Waals surface area contributed by atoms with Crippen molar-refractivity contribution in [2.45, 2.75) is 24.9 Å². The number of halogens is 3. The smallest absolute Gasteiger partial charge is 0.317 e. The molecule has 2 heterocycles. The number of aromatic nitrogens is 1. The fraction of sp³-hybridized carbons (Fsp3) is 0.400. The van der Waals surface area contributed by atoms with E-state index in [0.717, 1.165) is 31.5 Å². The highest BCUT2D eigenvalue weighted by atomic mass is 19.4. The van der Waals surface area contributed by atoms with E-state index < -0.39 is 11.7 Å². The summed E-state index contributed by atoms with van der Waals surface area (Å²) >= 11 is 0. The van der Waals surface area contributed by atoms with Gasteiger partial charge in [-0.3, -0.25) is 4.98 Å². The van der Waals surface area contributed by atoms with Gasteiger partial charge >= 0.3 is 6.18 Å². The predicted octanol–water partition coefficient (Wildman–Crippen LogP) is 3.72. The predicted molar refractivity (Wildman–Crippen MR) is 71.6 cm³/mol. The van der Waals surface area contributed by atoms with E-state index >= 15 is 0 Å². The van der Waals surface area contributed by atoms with Gasteiger partial charge in [-0.15, -0.1) is 0 Å². The van der Waals surface area contributed by atoms with Crippen LogP contribution < -0.4 is 5.32 Å². The standard InChI is InChI=1S/C15H15F3N2/c16-15(17,18)14-2-1-11(10-3-6-19-7-4-10)13-9-20-8-5-12(13)14/h1-2,5,8-10,19H,3-4,6-7H2. The fourth-order valence-electron chi connectivity index (χ4n) is 2.95. The molecule has 0 spiro atoms. The highest BCUT2D eigenvalue weighted by molar-refractivity contribution is 5.88. The molecule has 0 atom stereocenters. The first-order valence-corrected chi connectivity index (χ1v) is 6.72. The van der Waals surface area contributed by atoms with Gasteiger partial charge in [-0.1, -0.05) is 6.07 Å². The quantitative estimate of drug-likeness (QED) is 0.861. The van der Waals surface area contributed by atoms with E-state index in [0.29, 0.717) is 11.3 Å². The highest BCUT2D eigenvalue weighted by Gasteiger charge is 2.33. The van der Waals surface area contributed by atoms with Crippen LogP contribution in [0.25, 0.3) is 10.8 Å². The number of fused-ring (bicyclic) bond motifs is 1. The Balaban J connectivity index is 2.16. The molecule has 0 saturated carbocycles. The molecule has 0 amide bonds. The normalized spacial score (nSPS) is 17.6. The van der Waals surface area contributed by atoms with Gasteiger partial charge in [0.25, 0.3) is 0 Å². The van der Waals surface area contributed by atoms with E-state index in [1.54, 1.807) is 12.3 Å². The van der Waals surface area contributed by atoms with Gasteiger partial charge in [0.05, 0.1) is 5.56 Å². The van der Waals surface area contributed by atoms with Crippen LogP contribution in [0.15, 0.2) is 30.6 Å². The molecule has 1 aliphatic heterocycles. The van der Waals surface area contributed by atoms with Crippen molar-refractivity contribution in [3.05, 3.63) is 41.7 Å². The number of piperidine rings is 1. The molecule has 1 saturated heterocycles. The number of nitrogens with one attached hydrogen (secondary N) is 1. The van der Waals surface area contributed by atoms with Crippen molar-refractivity contribution in [3.63, 3.8) is 0 Å². The Hall–Kier alpha value is -1.62. The molecule has 2 nitrogen and oxygen atoms in total. The first kappa shape index (κ1) is 13.4. The minimum absolute atomic E-state index is 0.253. The Morgan fingerprint density at radius 1 is 1.05 bits per heavy atom. The van der Waals surface area contributed by atoms with Crippen molar-refractivity contribution in [2.24, 2.45) is 0 Å². The van der Waals surface area contributed by atoms with E-state index in [-0.39, 0.29) is 5.39 Å². The maximum absolute atomic E-state index is 13.1. The van der Waals surface area contributed by atoms with Crippen LogP contribution in [0.5, 0.6) is 0 Å². The first-order valence-electron chi connectivity index (χ1n) is 6.72. The number of hydrogen-bond acceptors (Lipinski definition) is 2. The van der Waals surface area contributed by atoms with Crippen molar-refractivity contribution in [3.8, 4) is 0 Å². The zero-order chi connectivity index (χ0) is 14.2. The lowest BCUT2D eigenvalue weighted by molar-refractivity contribution is -0.136. The summed E-state index contributed by atoms with van der Waals surface area (Å²) in [5, 5.41) is 4.16. The second-order valence-electron chi connectivity index (χ2n) is 5.15. The van der Waals surface area contributed by atoms with Crippen LogP contribution in [-0.2, 0) is 6.18 Å². The molecule has 0 bridgehead atoms. The lowest BCUT2D eigenvalue weighted by Crippen LogP contribution is -2.26. The summed E-state index contributed by atoms with van der Waals surface area (Å²) < 4.78 is 39.2. The van der Waals surface area contributed by atoms with Gasteiger partial charge in [0.15, 0.2) is 0 Å². The molecule has 1 aromatic carbocycles. The lowest BCUT2D eigenvalue weighted by Gasteiger charge is -2.25. The van der Waals surface area contributed by atoms with E-state index in [4.69, 9.17) is 0 Å². The number of rotatable bonds is 1. The number of hydrogen-bond donors (Lipinski definition) is 1. The molecule has 1 aliphatic rings. The maximum atomic E-state index is 13.1. The minimum atomic E-state index is -4.33. The molecule has 0 radical (unpaired) electrons. The van der Waals surface area contributed by atoms with E-state index in [9.17, 15) is 13.2 Å². The van der Waals surface area contributed by atoms with Gasteiger partial charge < -0.3 is 5.32 Å². The van der Waals surface area contributed by atoms with Gasteiger partial charge in [-0.05, 0) is 54.9 Å². The largest absolute Gasteiger partial charge is 0.417 e. The third kappa shape index (κ3) is 2.38. The molecule has 1 N–H and O–H groups in total. The Morgan fingerprint density at radius 2 is 1.80 bits per heavy atom. The number of pyridine rings is 1. The number of nitrogens with zero attached hydrogens (tertiary/aromatic N) is 1. The summed E-state index contributed by atoms with van der Waals surface area (Å²) in [5.74, 6) is 0.310. The van der Waals surface area contributed by atoms with Crippen LogP contribution in [0.4, 0.5) is 13.2 Å². The van der Waals surface area contributed by atoms with Crippen molar-refractivity contribution >= 4 is 10.8 Å². The van der Waals surface area contributed by atoms with Gasteiger partial charge in [0.2, 0.25) is 0 Å². The molecule has 2 aromatic rings. The molecule has 0 aliphatic carbocycles. The summed E-state index contributed by atoms with van der Waals surface area (Å²) in [6, 6.07) is 4.30. The number of alkyl halides is 3. The second-order valence-corrected chi connectivity index (χ2v) is 5.15. The van der Waals surface area contributed by atoms with Gasteiger partial charge in [-0.25, -0.2) is 0 Å². The topological polar surface area (TPSA) is 24.9 Å². The first-order chi connectivity index (χ1) is 9.57. The fourth-order valence-corrected chi connectivity index (χ4v) is 2.95. The Kier molecular flexibility index (Phi) is 3.38. The van der Waals surface area contributed by atoms with E-state index in [1.165, 1.54) is 18.3 Å². The summed E-state index contributed by atoms with van der Waals surface area (Å²) in [7, 11) is 0. The minimum Gasteiger partial charge on any atom is -0.317 e. The molecule has 3 rings (SSSR count). The summed E-state index contributed by atoms with van der Waals surface area (Å²) in [6.45, 7) is 1.82. The molecule has 5 heteroatoms. The molecule has 20 heavy (non-hydrogen) atoms. The lowest BCUT2D eigenvalue weighted by atomic mass is 9.86. The van der Waals surface area contributed by atoms with Gasteiger partial charge in [-0.2, -0.15) is 13.2 Å². The van der Waals surface area contributed by atoms with Crippen molar-refractivity contribution < 1.29 is 13.2 Å². The average Bonchev–Trinajstić information content (AvgIpc) is 2.46. The van der Waals surface area contributed by atoms with Crippen LogP contribution in [0.2, 0.25) is 0 Å². The van der Waals surface area contributed by atoms with Gasteiger partial charge in [0, 0.05) is 17.8 Å². The van der Waals surface area contributed by atoms with E-state index in [1.807, 2.05) is 0 Å². The van der Waals surface area contributed by atoms with Crippen molar-refractivity contribution in [1.82, 2.24) is 10.3 Å². The third-order valence-corrected chi connectivity index (χ3v) is 3.94. The van der Waals surface area contributed by atoms with E-state index in [2.05, 4.69) is 10.3 Å². The van der Waals surface area contributed by atoms with Gasteiger partial charge in [0.1, 0.15) is 0 Å². The summed E-state index contributed by atoms with van der Waals surface area (Å²) in [5.41, 5.74) is 0.412. The Morgan fingerprint density at radius 3 is 2.50 bits per heavy atom. The Bertz CT molecular complexity index is 616.